The lowest BCUT2D eigenvalue weighted by Crippen LogP contribution is -2.31. The van der Waals surface area contributed by atoms with Crippen LogP contribution in [0, 0.1) is 0 Å². The van der Waals surface area contributed by atoms with Crippen LogP contribution < -0.4 is 5.32 Å². The molecule has 1 aliphatic heterocycles. The first-order chi connectivity index (χ1) is 11.3. The fourth-order valence-electron chi connectivity index (χ4n) is 2.87. The molecule has 1 atom stereocenters. The zero-order valence-electron chi connectivity index (χ0n) is 13.3. The first-order valence-electron chi connectivity index (χ1n) is 8.26. The van der Waals surface area contributed by atoms with Crippen molar-refractivity contribution in [2.24, 2.45) is 0 Å². The number of thioether (sulfide) groups is 1. The van der Waals surface area contributed by atoms with E-state index in [1.54, 1.807) is 11.8 Å². The number of carbonyl (C=O) groups excluding carboxylic acids is 1. The summed E-state index contributed by atoms with van der Waals surface area (Å²) in [6.45, 7) is 1.45. The number of hydrogen-bond donors (Lipinski definition) is 1. The number of rotatable bonds is 7. The van der Waals surface area contributed by atoms with Crippen molar-refractivity contribution in [1.82, 2.24) is 14.9 Å². The van der Waals surface area contributed by atoms with Crippen molar-refractivity contribution >= 4 is 17.7 Å². The van der Waals surface area contributed by atoms with E-state index >= 15 is 0 Å². The third-order valence-corrected chi connectivity index (χ3v) is 5.53. The van der Waals surface area contributed by atoms with Crippen LogP contribution in [0.2, 0.25) is 0 Å². The summed E-state index contributed by atoms with van der Waals surface area (Å²) in [6, 6.07) is 10.5. The third-order valence-electron chi connectivity index (χ3n) is 4.15. The molecule has 2 aromatic rings. The molecule has 1 aromatic heterocycles. The summed E-state index contributed by atoms with van der Waals surface area (Å²) in [4.78, 5) is 16.5. The molecule has 2 heterocycles. The van der Waals surface area contributed by atoms with Crippen molar-refractivity contribution in [2.45, 2.75) is 44.0 Å². The second-order valence-electron chi connectivity index (χ2n) is 5.85. The van der Waals surface area contributed by atoms with E-state index in [0.29, 0.717) is 6.54 Å². The normalized spacial score (nSPS) is 17.3. The molecule has 0 spiro atoms. The smallest absolute Gasteiger partial charge is 0.233 e. The molecule has 23 heavy (non-hydrogen) atoms. The molecular formula is C18H23N3OS. The monoisotopic (exact) mass is 329 g/mol. The molecular weight excluding hydrogens is 306 g/mol. The van der Waals surface area contributed by atoms with E-state index in [4.69, 9.17) is 0 Å². The summed E-state index contributed by atoms with van der Waals surface area (Å²) >= 11 is 1.76. The minimum Gasteiger partial charge on any atom is -0.348 e. The maximum absolute atomic E-state index is 12.1. The molecule has 122 valence electrons. The van der Waals surface area contributed by atoms with Gasteiger partial charge in [0.1, 0.15) is 5.82 Å². The Morgan fingerprint density at radius 2 is 2.22 bits per heavy atom. The molecule has 1 amide bonds. The van der Waals surface area contributed by atoms with Gasteiger partial charge < -0.3 is 9.88 Å². The van der Waals surface area contributed by atoms with Crippen LogP contribution in [-0.2, 0) is 24.3 Å². The fraction of sp³-hybridized carbons (Fsp3) is 0.444. The summed E-state index contributed by atoms with van der Waals surface area (Å²) in [5, 5.41) is 3.17. The molecule has 0 aliphatic carbocycles. The van der Waals surface area contributed by atoms with Crippen LogP contribution in [0.1, 0.15) is 30.7 Å². The molecule has 0 radical (unpaired) electrons. The number of amides is 1. The highest BCUT2D eigenvalue weighted by molar-refractivity contribution is 8.00. The van der Waals surface area contributed by atoms with Crippen molar-refractivity contribution in [3.63, 3.8) is 0 Å². The maximum Gasteiger partial charge on any atom is 0.233 e. The minimum absolute atomic E-state index is 0.136. The molecule has 1 aliphatic rings. The van der Waals surface area contributed by atoms with Gasteiger partial charge in [0, 0.05) is 18.9 Å². The van der Waals surface area contributed by atoms with Crippen LogP contribution in [-0.4, -0.2) is 26.5 Å². The molecule has 0 saturated carbocycles. The Morgan fingerprint density at radius 3 is 3.00 bits per heavy atom. The Hall–Kier alpha value is -1.75. The lowest BCUT2D eigenvalue weighted by molar-refractivity contribution is -0.120. The number of carbonyl (C=O) groups is 1. The number of nitrogens with zero attached hydrogens (tertiary/aromatic N) is 2. The first kappa shape index (κ1) is 16.1. The van der Waals surface area contributed by atoms with Crippen LogP contribution >= 0.6 is 11.8 Å². The molecule has 4 nitrogen and oxygen atoms in total. The van der Waals surface area contributed by atoms with Gasteiger partial charge in [0.25, 0.3) is 0 Å². The van der Waals surface area contributed by atoms with E-state index in [9.17, 15) is 4.79 Å². The highest BCUT2D eigenvalue weighted by Gasteiger charge is 2.23. The summed E-state index contributed by atoms with van der Waals surface area (Å²) < 4.78 is 2.14. The minimum atomic E-state index is 0.136. The van der Waals surface area contributed by atoms with E-state index < -0.39 is 0 Å². The number of aryl methyl sites for hydroxylation is 2. The maximum atomic E-state index is 12.1. The van der Waals surface area contributed by atoms with Crippen LogP contribution in [0.15, 0.2) is 42.7 Å². The number of hydrogen-bond acceptors (Lipinski definition) is 3. The Balaban J connectivity index is 1.46. The van der Waals surface area contributed by atoms with Gasteiger partial charge in [-0.05, 0) is 37.0 Å². The average molecular weight is 329 g/mol. The van der Waals surface area contributed by atoms with Crippen molar-refractivity contribution < 1.29 is 4.79 Å². The Labute approximate surface area is 141 Å². The third kappa shape index (κ3) is 4.61. The first-order valence-corrected chi connectivity index (χ1v) is 9.31. The SMILES string of the molecule is O=C(NCc1nccn1CCCc1ccccc1)[C@@H]1CCCS1. The zero-order valence-corrected chi connectivity index (χ0v) is 14.1. The number of benzene rings is 1. The summed E-state index contributed by atoms with van der Waals surface area (Å²) in [7, 11) is 0. The largest absolute Gasteiger partial charge is 0.348 e. The van der Waals surface area contributed by atoms with E-state index in [1.165, 1.54) is 5.56 Å². The second-order valence-corrected chi connectivity index (χ2v) is 7.16. The molecule has 3 rings (SSSR count). The predicted molar refractivity (Wildman–Crippen MR) is 94.3 cm³/mol. The van der Waals surface area contributed by atoms with E-state index in [-0.39, 0.29) is 11.2 Å². The van der Waals surface area contributed by atoms with Gasteiger partial charge in [0.2, 0.25) is 5.91 Å². The molecule has 0 bridgehead atoms. The van der Waals surface area contributed by atoms with Gasteiger partial charge in [-0.2, -0.15) is 0 Å². The van der Waals surface area contributed by atoms with Crippen LogP contribution in [0.25, 0.3) is 0 Å². The van der Waals surface area contributed by atoms with Crippen LogP contribution in [0.3, 0.4) is 0 Å². The van der Waals surface area contributed by atoms with Crippen LogP contribution in [0.4, 0.5) is 0 Å². The summed E-state index contributed by atoms with van der Waals surface area (Å²) in [5.74, 6) is 2.20. The van der Waals surface area contributed by atoms with Gasteiger partial charge in [-0.3, -0.25) is 4.79 Å². The van der Waals surface area contributed by atoms with Gasteiger partial charge in [-0.15, -0.1) is 11.8 Å². The lowest BCUT2D eigenvalue weighted by atomic mass is 10.1. The highest BCUT2D eigenvalue weighted by Crippen LogP contribution is 2.26. The van der Waals surface area contributed by atoms with Gasteiger partial charge in [0.15, 0.2) is 0 Å². The number of nitrogens with one attached hydrogen (secondary N) is 1. The van der Waals surface area contributed by atoms with E-state index in [1.807, 2.05) is 18.5 Å². The molecule has 1 saturated heterocycles. The molecule has 1 aromatic carbocycles. The van der Waals surface area contributed by atoms with Crippen molar-refractivity contribution in [3.8, 4) is 0 Å². The van der Waals surface area contributed by atoms with Crippen LogP contribution in [0.5, 0.6) is 0 Å². The molecule has 5 heteroatoms. The Bertz CT molecular complexity index is 620. The highest BCUT2D eigenvalue weighted by atomic mass is 32.2. The number of imidazole rings is 1. The Kier molecular flexibility index (Phi) is 5.75. The van der Waals surface area contributed by atoms with E-state index in [2.05, 4.69) is 39.1 Å². The lowest BCUT2D eigenvalue weighted by Gasteiger charge is -2.11. The summed E-state index contributed by atoms with van der Waals surface area (Å²) in [6.07, 6.45) is 8.09. The van der Waals surface area contributed by atoms with Crippen molar-refractivity contribution in [1.29, 1.82) is 0 Å². The topological polar surface area (TPSA) is 46.9 Å². The molecule has 0 unspecified atom stereocenters. The van der Waals surface area contributed by atoms with E-state index in [0.717, 1.165) is 43.8 Å². The Morgan fingerprint density at radius 1 is 1.35 bits per heavy atom. The number of aromatic nitrogens is 2. The summed E-state index contributed by atoms with van der Waals surface area (Å²) in [5.41, 5.74) is 1.36. The van der Waals surface area contributed by atoms with Gasteiger partial charge in [-0.1, -0.05) is 30.3 Å². The van der Waals surface area contributed by atoms with Gasteiger partial charge in [0.05, 0.1) is 11.8 Å². The fourth-order valence-corrected chi connectivity index (χ4v) is 4.06. The standard InChI is InChI=1S/C18H23N3OS/c22-18(16-9-5-13-23-16)20-14-17-19-10-12-21(17)11-4-8-15-6-2-1-3-7-15/h1-3,6-7,10,12,16H,4-5,8-9,11,13-14H2,(H,20,22)/t16-/m0/s1. The second kappa shape index (κ2) is 8.20. The van der Waals surface area contributed by atoms with Crippen molar-refractivity contribution in [3.05, 3.63) is 54.1 Å². The average Bonchev–Trinajstić information content (AvgIpc) is 3.26. The quantitative estimate of drug-likeness (QED) is 0.849. The molecule has 1 N–H and O–H groups in total. The zero-order chi connectivity index (χ0) is 15.9. The molecule has 1 fully saturated rings. The van der Waals surface area contributed by atoms with Gasteiger partial charge in [-0.25, -0.2) is 4.98 Å². The van der Waals surface area contributed by atoms with Crippen molar-refractivity contribution in [2.75, 3.05) is 5.75 Å². The van der Waals surface area contributed by atoms with Gasteiger partial charge >= 0.3 is 0 Å². The predicted octanol–water partition coefficient (Wildman–Crippen LogP) is 3.03.